The van der Waals surface area contributed by atoms with Gasteiger partial charge in [0.05, 0.1) is 23.3 Å². The maximum atomic E-state index is 13.1. The Labute approximate surface area is 209 Å². The maximum absolute atomic E-state index is 13.1. The monoisotopic (exact) mass is 485 g/mol. The van der Waals surface area contributed by atoms with Gasteiger partial charge in [-0.3, -0.25) is 4.79 Å². The van der Waals surface area contributed by atoms with Crippen LogP contribution in [0.5, 0.6) is 0 Å². The van der Waals surface area contributed by atoms with E-state index in [2.05, 4.69) is 19.2 Å². The Morgan fingerprint density at radius 1 is 1.08 bits per heavy atom. The first-order valence-electron chi connectivity index (χ1n) is 12.3. The van der Waals surface area contributed by atoms with Gasteiger partial charge in [-0.15, -0.1) is 0 Å². The number of amides is 1. The van der Waals surface area contributed by atoms with E-state index in [1.165, 1.54) is 0 Å². The van der Waals surface area contributed by atoms with Crippen LogP contribution in [0.1, 0.15) is 54.4 Å². The topological polar surface area (TPSA) is 90.3 Å². The molecule has 0 aliphatic carbocycles. The van der Waals surface area contributed by atoms with E-state index >= 15 is 0 Å². The fraction of sp³-hybridized carbons (Fsp3) is 0.345. The lowest BCUT2D eigenvalue weighted by Crippen LogP contribution is -2.34. The minimum atomic E-state index is -0.408. The zero-order valence-electron chi connectivity index (χ0n) is 21.6. The summed E-state index contributed by atoms with van der Waals surface area (Å²) >= 11 is 0. The number of benzene rings is 2. The summed E-state index contributed by atoms with van der Waals surface area (Å²) in [5.41, 5.74) is 5.99. The second kappa shape index (κ2) is 8.97. The third kappa shape index (κ3) is 3.88. The Hall–Kier alpha value is -3.87. The first-order chi connectivity index (χ1) is 17.2. The molecule has 1 N–H and O–H groups in total. The molecule has 0 radical (unpaired) electrons. The van der Waals surface area contributed by atoms with Gasteiger partial charge in [0.1, 0.15) is 17.0 Å². The van der Waals surface area contributed by atoms with Crippen molar-refractivity contribution in [3.8, 4) is 0 Å². The molecule has 2 aromatic carbocycles. The second-order valence-electron chi connectivity index (χ2n) is 9.97. The van der Waals surface area contributed by atoms with Crippen LogP contribution in [0.3, 0.4) is 0 Å². The zero-order chi connectivity index (χ0) is 25.7. The van der Waals surface area contributed by atoms with Gasteiger partial charge < -0.3 is 18.7 Å². The quantitative estimate of drug-likeness (QED) is 0.307. The van der Waals surface area contributed by atoms with E-state index in [1.54, 1.807) is 6.26 Å². The zero-order valence-corrected chi connectivity index (χ0v) is 21.6. The van der Waals surface area contributed by atoms with E-state index in [0.29, 0.717) is 17.6 Å². The molecule has 5 aromatic rings. The highest BCUT2D eigenvalue weighted by molar-refractivity contribution is 5.99. The average molecular weight is 486 g/mol. The molecule has 5 rings (SSSR count). The van der Waals surface area contributed by atoms with Crippen molar-refractivity contribution in [2.75, 3.05) is 0 Å². The third-order valence-corrected chi connectivity index (χ3v) is 7.22. The summed E-state index contributed by atoms with van der Waals surface area (Å²) in [4.78, 5) is 30.8. The van der Waals surface area contributed by atoms with Crippen LogP contribution in [-0.2, 0) is 18.3 Å². The van der Waals surface area contributed by atoms with Crippen LogP contribution >= 0.6 is 0 Å². The molecule has 36 heavy (non-hydrogen) atoms. The van der Waals surface area contributed by atoms with Crippen molar-refractivity contribution in [3.63, 3.8) is 0 Å². The number of nitrogens with one attached hydrogen (secondary N) is 1. The van der Waals surface area contributed by atoms with Gasteiger partial charge in [-0.1, -0.05) is 26.0 Å². The van der Waals surface area contributed by atoms with Crippen molar-refractivity contribution < 1.29 is 13.6 Å². The smallest absolute Gasteiger partial charge is 0.339 e. The summed E-state index contributed by atoms with van der Waals surface area (Å²) in [7, 11) is 1.97. The lowest BCUT2D eigenvalue weighted by molar-refractivity contribution is -0.122. The van der Waals surface area contributed by atoms with E-state index in [4.69, 9.17) is 13.8 Å². The van der Waals surface area contributed by atoms with Gasteiger partial charge in [-0.25, -0.2) is 9.78 Å². The molecule has 3 aromatic heterocycles. The number of rotatable bonds is 6. The number of furan rings is 1. The van der Waals surface area contributed by atoms with E-state index in [1.807, 2.05) is 62.7 Å². The van der Waals surface area contributed by atoms with Crippen LogP contribution in [-0.4, -0.2) is 15.5 Å². The van der Waals surface area contributed by atoms with Gasteiger partial charge in [0.2, 0.25) is 5.91 Å². The number of carbonyl (C=O) groups excluding carboxylic acids is 1. The molecule has 0 saturated heterocycles. The number of aromatic nitrogens is 2. The van der Waals surface area contributed by atoms with Crippen LogP contribution in [0.25, 0.3) is 33.0 Å². The Bertz CT molecular complexity index is 1690. The molecule has 1 atom stereocenters. The van der Waals surface area contributed by atoms with Crippen LogP contribution in [0, 0.1) is 26.7 Å². The highest BCUT2D eigenvalue weighted by Gasteiger charge is 2.24. The van der Waals surface area contributed by atoms with Crippen molar-refractivity contribution in [1.82, 2.24) is 14.9 Å². The molecule has 1 amide bonds. The molecule has 3 heterocycles. The van der Waals surface area contributed by atoms with Crippen LogP contribution in [0.15, 0.2) is 50.2 Å². The van der Waals surface area contributed by atoms with Gasteiger partial charge in [0.15, 0.2) is 0 Å². The Kier molecular flexibility index (Phi) is 5.94. The molecule has 186 valence electrons. The van der Waals surface area contributed by atoms with Crippen molar-refractivity contribution in [2.24, 2.45) is 13.0 Å². The van der Waals surface area contributed by atoms with Gasteiger partial charge >= 0.3 is 5.63 Å². The number of aryl methyl sites for hydroxylation is 4. The highest BCUT2D eigenvalue weighted by atomic mass is 16.4. The number of fused-ring (bicyclic) bond motifs is 3. The molecule has 7 nitrogen and oxygen atoms in total. The normalized spacial score (nSPS) is 12.8. The fourth-order valence-corrected chi connectivity index (χ4v) is 5.06. The SMILES string of the molecule is Cc1coc2c(C)c3oc(=O)c(CCC(=O)N[C@@H](c4nc5ccccc5n4C)C(C)C)c(C)c3cc12. The molecule has 0 aliphatic heterocycles. The summed E-state index contributed by atoms with van der Waals surface area (Å²) < 4.78 is 13.4. The average Bonchev–Trinajstić information content (AvgIpc) is 3.38. The Morgan fingerprint density at radius 3 is 2.56 bits per heavy atom. The molecule has 0 bridgehead atoms. The van der Waals surface area contributed by atoms with Crippen molar-refractivity contribution in [3.05, 3.63) is 75.1 Å². The number of para-hydroxylation sites is 2. The molecule has 7 heteroatoms. The highest BCUT2D eigenvalue weighted by Crippen LogP contribution is 2.33. The van der Waals surface area contributed by atoms with Gasteiger partial charge in [0.25, 0.3) is 0 Å². The Morgan fingerprint density at radius 2 is 1.83 bits per heavy atom. The molecule has 0 saturated carbocycles. The molecular weight excluding hydrogens is 454 g/mol. The van der Waals surface area contributed by atoms with E-state index in [-0.39, 0.29) is 24.3 Å². The number of carbonyl (C=O) groups is 1. The van der Waals surface area contributed by atoms with E-state index in [9.17, 15) is 9.59 Å². The van der Waals surface area contributed by atoms with Crippen LogP contribution < -0.4 is 10.9 Å². The lowest BCUT2D eigenvalue weighted by Gasteiger charge is -2.22. The minimum absolute atomic E-state index is 0.128. The number of imidazole rings is 1. The number of hydrogen-bond donors (Lipinski definition) is 1. The summed E-state index contributed by atoms with van der Waals surface area (Å²) in [5, 5.41) is 5.03. The standard InChI is InChI=1S/C29H31N3O4/c1-15(2)25(28-30-22-9-7-8-10-23(22)32(28)6)31-24(33)12-11-19-17(4)21-13-20-16(3)14-35-26(20)18(5)27(21)36-29(19)34/h7-10,13-15,25H,11-12H2,1-6H3,(H,31,33)/t25-/m1/s1. The van der Waals surface area contributed by atoms with Gasteiger partial charge in [-0.2, -0.15) is 0 Å². The number of nitrogens with zero attached hydrogens (tertiary/aromatic N) is 2. The van der Waals surface area contributed by atoms with Gasteiger partial charge in [-0.05, 0) is 62.4 Å². The molecule has 0 fully saturated rings. The second-order valence-corrected chi connectivity index (χ2v) is 9.97. The Balaban J connectivity index is 1.41. The van der Waals surface area contributed by atoms with Crippen LogP contribution in [0.4, 0.5) is 0 Å². The summed E-state index contributed by atoms with van der Waals surface area (Å²) in [6.45, 7) is 9.94. The number of hydrogen-bond acceptors (Lipinski definition) is 5. The summed E-state index contributed by atoms with van der Waals surface area (Å²) in [6.07, 6.45) is 2.19. The minimum Gasteiger partial charge on any atom is -0.464 e. The van der Waals surface area contributed by atoms with Gasteiger partial charge in [0, 0.05) is 35.4 Å². The first kappa shape index (κ1) is 23.9. The molecule has 0 aliphatic rings. The molecule has 0 spiro atoms. The molecular formula is C29H31N3O4. The largest absolute Gasteiger partial charge is 0.464 e. The van der Waals surface area contributed by atoms with Crippen molar-refractivity contribution in [1.29, 1.82) is 0 Å². The fourth-order valence-electron chi connectivity index (χ4n) is 5.06. The van der Waals surface area contributed by atoms with E-state index < -0.39 is 5.63 Å². The predicted octanol–water partition coefficient (Wildman–Crippen LogP) is 5.80. The van der Waals surface area contributed by atoms with Crippen molar-refractivity contribution in [2.45, 2.75) is 53.5 Å². The lowest BCUT2D eigenvalue weighted by atomic mass is 9.98. The van der Waals surface area contributed by atoms with E-state index in [0.717, 1.165) is 49.9 Å². The summed E-state index contributed by atoms with van der Waals surface area (Å²) in [6, 6.07) is 9.70. The third-order valence-electron chi connectivity index (χ3n) is 7.22. The predicted molar refractivity (Wildman–Crippen MR) is 141 cm³/mol. The van der Waals surface area contributed by atoms with Crippen LogP contribution in [0.2, 0.25) is 0 Å². The van der Waals surface area contributed by atoms with Crippen molar-refractivity contribution >= 4 is 38.9 Å². The summed E-state index contributed by atoms with van der Waals surface area (Å²) in [5.74, 6) is 0.827. The maximum Gasteiger partial charge on any atom is 0.339 e. The molecule has 0 unspecified atom stereocenters. The first-order valence-corrected chi connectivity index (χ1v) is 12.3.